The Labute approximate surface area is 168 Å². The Balaban J connectivity index is 2.28. The van der Waals surface area contributed by atoms with E-state index >= 15 is 0 Å². The zero-order chi connectivity index (χ0) is 16.1. The van der Waals surface area contributed by atoms with Crippen molar-refractivity contribution in [3.63, 3.8) is 0 Å². The Morgan fingerprint density at radius 2 is 1.48 bits per heavy atom. The van der Waals surface area contributed by atoms with Crippen LogP contribution in [-0.2, 0) is 0 Å². The first kappa shape index (κ1) is 17.5. The number of hydrogen-bond donors (Lipinski definition) is 0. The highest BCUT2D eigenvalue weighted by atomic mass is 127. The summed E-state index contributed by atoms with van der Waals surface area (Å²) in [5.74, 6) is 6.65. The average molecular weight is 500 g/mol. The van der Waals surface area contributed by atoms with Crippen molar-refractivity contribution in [3.05, 3.63) is 44.8 Å². The lowest BCUT2D eigenvalue weighted by Crippen LogP contribution is -1.82. The monoisotopic (exact) mass is 500 g/mol. The van der Waals surface area contributed by atoms with Gasteiger partial charge < -0.3 is 0 Å². The van der Waals surface area contributed by atoms with Gasteiger partial charge in [-0.3, -0.25) is 0 Å². The quantitative estimate of drug-likeness (QED) is 0.268. The predicted molar refractivity (Wildman–Crippen MR) is 120 cm³/mol. The van der Waals surface area contributed by atoms with Crippen LogP contribution >= 0.6 is 75.9 Å². The Morgan fingerprint density at radius 1 is 0.913 bits per heavy atom. The maximum absolute atomic E-state index is 3.33. The van der Waals surface area contributed by atoms with Gasteiger partial charge in [0.1, 0.15) is 0 Å². The third-order valence-electron chi connectivity index (χ3n) is 2.97. The van der Waals surface area contributed by atoms with Gasteiger partial charge in [0.05, 0.1) is 20.9 Å². The fraction of sp³-hybridized carbons (Fsp3) is 0.0588. The molecule has 0 amide bonds. The van der Waals surface area contributed by atoms with Gasteiger partial charge in [0.15, 0.2) is 0 Å². The number of thiophene rings is 3. The van der Waals surface area contributed by atoms with Gasteiger partial charge in [-0.2, -0.15) is 22.7 Å². The molecule has 0 spiro atoms. The lowest BCUT2D eigenvalue weighted by atomic mass is 10.0. The molecule has 0 aromatic carbocycles. The molecule has 23 heavy (non-hydrogen) atoms. The Kier molecular flexibility index (Phi) is 6.58. The van der Waals surface area contributed by atoms with Crippen LogP contribution in [0.2, 0.25) is 0 Å². The van der Waals surface area contributed by atoms with Crippen LogP contribution in [0.5, 0.6) is 0 Å². The Morgan fingerprint density at radius 3 is 1.91 bits per heavy atom. The number of rotatable bonds is 2. The van der Waals surface area contributed by atoms with Crippen molar-refractivity contribution >= 4 is 75.9 Å². The zero-order valence-electron chi connectivity index (χ0n) is 11.9. The van der Waals surface area contributed by atoms with Crippen molar-refractivity contribution in [2.45, 2.75) is 0 Å². The molecule has 0 aliphatic carbocycles. The van der Waals surface area contributed by atoms with Gasteiger partial charge in [0.25, 0.3) is 0 Å². The lowest BCUT2D eigenvalue weighted by molar-refractivity contribution is 1.71. The highest BCUT2D eigenvalue weighted by Gasteiger charge is 2.19. The van der Waals surface area contributed by atoms with E-state index in [1.165, 1.54) is 41.6 Å². The summed E-state index contributed by atoms with van der Waals surface area (Å²) < 4.78 is 0. The second-order valence-electron chi connectivity index (χ2n) is 4.27. The van der Waals surface area contributed by atoms with Gasteiger partial charge in [0.2, 0.25) is 0 Å². The summed E-state index contributed by atoms with van der Waals surface area (Å²) in [4.78, 5) is 2.44. The van der Waals surface area contributed by atoms with Gasteiger partial charge in [-0.05, 0) is 59.3 Å². The zero-order valence-corrected chi connectivity index (χ0v) is 18.1. The molecule has 0 saturated carbocycles. The van der Waals surface area contributed by atoms with E-state index < -0.39 is 0 Å². The molecule has 0 unspecified atom stereocenters. The largest absolute Gasteiger partial charge is 0.152 e. The van der Waals surface area contributed by atoms with Crippen LogP contribution in [0.3, 0.4) is 0 Å². The van der Waals surface area contributed by atoms with E-state index in [-0.39, 0.29) is 0 Å². The fourth-order valence-corrected chi connectivity index (χ4v) is 5.36. The van der Waals surface area contributed by atoms with Crippen LogP contribution in [0.4, 0.5) is 0 Å². The molecule has 114 valence electrons. The number of halogens is 1. The van der Waals surface area contributed by atoms with Crippen LogP contribution in [0.25, 0.3) is 20.9 Å². The van der Waals surface area contributed by atoms with E-state index in [0.29, 0.717) is 0 Å². The summed E-state index contributed by atoms with van der Waals surface area (Å²) in [6.45, 7) is 0. The van der Waals surface area contributed by atoms with E-state index in [2.05, 4.69) is 77.2 Å². The maximum atomic E-state index is 3.33. The predicted octanol–water partition coefficient (Wildman–Crippen LogP) is 7.27. The van der Waals surface area contributed by atoms with Gasteiger partial charge >= 0.3 is 0 Å². The fourth-order valence-electron chi connectivity index (χ4n) is 2.04. The topological polar surface area (TPSA) is 0 Å². The van der Waals surface area contributed by atoms with Crippen LogP contribution in [0.1, 0.15) is 11.1 Å². The second-order valence-corrected chi connectivity index (χ2v) is 9.14. The van der Waals surface area contributed by atoms with Crippen molar-refractivity contribution in [2.75, 3.05) is 6.26 Å². The molecule has 0 N–H and O–H groups in total. The molecule has 0 fully saturated rings. The van der Waals surface area contributed by atoms with E-state index in [9.17, 15) is 0 Å². The third-order valence-corrected chi connectivity index (χ3v) is 6.77. The molecule has 0 bridgehead atoms. The van der Waals surface area contributed by atoms with Gasteiger partial charge in [-0.1, -0.05) is 23.6 Å². The molecular weight excluding hydrogens is 491 g/mol. The molecule has 3 aromatic rings. The van der Waals surface area contributed by atoms with Gasteiger partial charge in [-0.25, -0.2) is 0 Å². The van der Waals surface area contributed by atoms with Crippen molar-refractivity contribution in [1.29, 1.82) is 0 Å². The van der Waals surface area contributed by atoms with E-state index in [0.717, 1.165) is 11.1 Å². The molecule has 3 aromatic heterocycles. The summed E-state index contributed by atoms with van der Waals surface area (Å²) in [5.41, 5.74) is 4.58. The summed E-state index contributed by atoms with van der Waals surface area (Å²) in [6.07, 6.45) is 2.00. The first-order chi connectivity index (χ1) is 11.3. The van der Waals surface area contributed by atoms with Gasteiger partial charge in [0, 0.05) is 32.3 Å². The van der Waals surface area contributed by atoms with Crippen LogP contribution < -0.4 is 0 Å². The van der Waals surface area contributed by atoms with Crippen LogP contribution in [-0.4, -0.2) is 6.26 Å². The minimum absolute atomic E-state index is 1.06. The standard InChI is InChI=1S/C17H9IS5/c1-19-6-4-14-15(5-9-22-18)17(13-3-8-21-11-13)23-16(14)12-2-7-20-10-12/h2-3,7-8,10-11H,1H3. The normalized spacial score (nSPS) is 9.83. The van der Waals surface area contributed by atoms with E-state index in [4.69, 9.17) is 0 Å². The lowest BCUT2D eigenvalue weighted by Gasteiger charge is -1.95. The van der Waals surface area contributed by atoms with E-state index in [1.54, 1.807) is 34.0 Å². The van der Waals surface area contributed by atoms with Crippen molar-refractivity contribution < 1.29 is 0 Å². The average Bonchev–Trinajstić information content (AvgIpc) is 3.30. The molecule has 3 rings (SSSR count). The number of thioether (sulfide) groups is 1. The summed E-state index contributed by atoms with van der Waals surface area (Å²) in [5, 5.41) is 14.9. The highest BCUT2D eigenvalue weighted by molar-refractivity contribution is 14.2. The molecule has 0 saturated heterocycles. The van der Waals surface area contributed by atoms with Crippen LogP contribution in [0.15, 0.2) is 33.7 Å². The molecule has 0 nitrogen and oxygen atoms in total. The first-order valence-electron chi connectivity index (χ1n) is 6.39. The molecule has 0 aliphatic rings. The smallest absolute Gasteiger partial charge is 0.0604 e. The van der Waals surface area contributed by atoms with E-state index in [1.807, 2.05) is 6.26 Å². The minimum atomic E-state index is 1.06. The Bertz CT molecular complexity index is 821. The molecule has 0 radical (unpaired) electrons. The number of hydrogen-bond acceptors (Lipinski definition) is 5. The minimum Gasteiger partial charge on any atom is -0.152 e. The van der Waals surface area contributed by atoms with Crippen LogP contribution in [0, 0.1) is 22.3 Å². The Hall–Kier alpha value is -0.350. The third kappa shape index (κ3) is 4.01. The molecule has 0 atom stereocenters. The second kappa shape index (κ2) is 8.66. The molecule has 3 heterocycles. The summed E-state index contributed by atoms with van der Waals surface area (Å²) in [6, 6.07) is 4.31. The SMILES string of the molecule is CSC#Cc1c(-c2ccsc2)sc(-c2ccsc2)c1C#CSI. The maximum Gasteiger partial charge on any atom is 0.0604 e. The molecule has 6 heteroatoms. The van der Waals surface area contributed by atoms with Crippen molar-refractivity contribution in [3.8, 4) is 43.2 Å². The van der Waals surface area contributed by atoms with Crippen molar-refractivity contribution in [1.82, 2.24) is 0 Å². The summed E-state index contributed by atoms with van der Waals surface area (Å²) in [7, 11) is 1.51. The van der Waals surface area contributed by atoms with Gasteiger partial charge in [-0.15, -0.1) is 11.3 Å². The highest BCUT2D eigenvalue weighted by Crippen LogP contribution is 2.43. The molecule has 0 aliphatic heterocycles. The van der Waals surface area contributed by atoms with Crippen molar-refractivity contribution in [2.24, 2.45) is 0 Å². The summed E-state index contributed by atoms with van der Waals surface area (Å²) >= 11 is 8.95. The first-order valence-corrected chi connectivity index (χ1v) is 13.7. The molecular formula is C17H9IS5.